The molecule has 134 valence electrons. The highest BCUT2D eigenvalue weighted by molar-refractivity contribution is 7.89. The Balaban J connectivity index is 0.00000288. The van der Waals surface area contributed by atoms with Crippen molar-refractivity contribution >= 4 is 22.4 Å². The number of sulfonamides is 1. The molecule has 0 saturated heterocycles. The van der Waals surface area contributed by atoms with E-state index in [9.17, 15) is 8.42 Å². The number of halogens is 1. The van der Waals surface area contributed by atoms with Crippen molar-refractivity contribution in [3.05, 3.63) is 42.7 Å². The number of nitrogens with zero attached hydrogens (tertiary/aromatic N) is 2. The van der Waals surface area contributed by atoms with Crippen LogP contribution in [-0.2, 0) is 10.0 Å². The van der Waals surface area contributed by atoms with Gasteiger partial charge in [-0.25, -0.2) is 17.8 Å². The van der Waals surface area contributed by atoms with E-state index in [1.165, 1.54) is 17.1 Å². The normalized spacial score (nSPS) is 14.2. The molecule has 1 unspecified atom stereocenters. The molecule has 0 fully saturated rings. The summed E-state index contributed by atoms with van der Waals surface area (Å²) in [5.41, 5.74) is 5.91. The fraction of sp³-hybridized carbons (Fsp3) is 0.438. The number of hydrogen-bond acceptors (Lipinski definition) is 4. The van der Waals surface area contributed by atoms with E-state index in [1.54, 1.807) is 0 Å². The lowest BCUT2D eigenvalue weighted by Crippen LogP contribution is -2.51. The highest BCUT2D eigenvalue weighted by Crippen LogP contribution is 2.20. The number of nitrogens with two attached hydrogens (primary N) is 1. The average Bonchev–Trinajstić information content (AvgIpc) is 2.97. The van der Waals surface area contributed by atoms with Gasteiger partial charge in [-0.3, -0.25) is 0 Å². The van der Waals surface area contributed by atoms with E-state index in [1.807, 2.05) is 51.1 Å². The van der Waals surface area contributed by atoms with Gasteiger partial charge in [-0.2, -0.15) is 5.10 Å². The van der Waals surface area contributed by atoms with Gasteiger partial charge in [0.25, 0.3) is 0 Å². The zero-order valence-electron chi connectivity index (χ0n) is 14.1. The van der Waals surface area contributed by atoms with E-state index in [4.69, 9.17) is 5.73 Å². The van der Waals surface area contributed by atoms with Gasteiger partial charge in [0.2, 0.25) is 10.0 Å². The molecular weight excluding hydrogens is 348 g/mol. The fourth-order valence-electron chi connectivity index (χ4n) is 2.62. The van der Waals surface area contributed by atoms with Gasteiger partial charge in [-0.15, -0.1) is 12.4 Å². The molecule has 0 aliphatic heterocycles. The Hall–Kier alpha value is -1.41. The van der Waals surface area contributed by atoms with Crippen LogP contribution in [0.5, 0.6) is 0 Å². The third kappa shape index (κ3) is 5.04. The van der Waals surface area contributed by atoms with E-state index < -0.39 is 15.6 Å². The standard InChI is InChI=1S/C16H24N4O2S.ClH/c1-13(2)9-16(3,12-17)19-23(21,22)15-10-18-20(11-15)14-7-5-4-6-8-14;/h4-8,10-11,13,19H,9,12,17H2,1-3H3;1H. The van der Waals surface area contributed by atoms with Gasteiger partial charge in [-0.05, 0) is 31.4 Å². The van der Waals surface area contributed by atoms with Crippen LogP contribution in [0.1, 0.15) is 27.2 Å². The van der Waals surface area contributed by atoms with Crippen LogP contribution in [0, 0.1) is 5.92 Å². The van der Waals surface area contributed by atoms with Crippen molar-refractivity contribution in [2.75, 3.05) is 6.54 Å². The van der Waals surface area contributed by atoms with E-state index in [0.29, 0.717) is 12.3 Å². The van der Waals surface area contributed by atoms with Crippen molar-refractivity contribution in [3.8, 4) is 5.69 Å². The lowest BCUT2D eigenvalue weighted by molar-refractivity contribution is 0.344. The summed E-state index contributed by atoms with van der Waals surface area (Å²) in [4.78, 5) is 0.129. The minimum atomic E-state index is -3.68. The largest absolute Gasteiger partial charge is 0.329 e. The summed E-state index contributed by atoms with van der Waals surface area (Å²) >= 11 is 0. The molecule has 0 saturated carbocycles. The van der Waals surface area contributed by atoms with Crippen LogP contribution >= 0.6 is 12.4 Å². The first-order valence-electron chi connectivity index (χ1n) is 7.60. The minimum absolute atomic E-state index is 0. The second kappa shape index (κ2) is 8.11. The summed E-state index contributed by atoms with van der Waals surface area (Å²) in [5, 5.41) is 4.14. The van der Waals surface area contributed by atoms with Crippen molar-refractivity contribution in [3.63, 3.8) is 0 Å². The molecular formula is C16H25ClN4O2S. The molecule has 0 amide bonds. The van der Waals surface area contributed by atoms with Gasteiger partial charge in [-0.1, -0.05) is 32.0 Å². The Kier molecular flexibility index (Phi) is 6.97. The smallest absolute Gasteiger partial charge is 0.244 e. The van der Waals surface area contributed by atoms with Crippen LogP contribution in [0.3, 0.4) is 0 Å². The Morgan fingerprint density at radius 1 is 1.29 bits per heavy atom. The average molecular weight is 373 g/mol. The van der Waals surface area contributed by atoms with Gasteiger partial charge in [0.1, 0.15) is 4.90 Å². The number of para-hydroxylation sites is 1. The molecule has 0 aliphatic carbocycles. The minimum Gasteiger partial charge on any atom is -0.329 e. The third-order valence-corrected chi connectivity index (χ3v) is 5.17. The fourth-order valence-corrected chi connectivity index (χ4v) is 3.98. The first-order valence-corrected chi connectivity index (χ1v) is 9.08. The molecule has 0 spiro atoms. The molecule has 24 heavy (non-hydrogen) atoms. The number of nitrogens with one attached hydrogen (secondary N) is 1. The van der Waals surface area contributed by atoms with E-state index >= 15 is 0 Å². The maximum Gasteiger partial charge on any atom is 0.244 e. The predicted molar refractivity (Wildman–Crippen MR) is 98.0 cm³/mol. The lowest BCUT2D eigenvalue weighted by Gasteiger charge is -2.30. The molecule has 8 heteroatoms. The highest BCUT2D eigenvalue weighted by atomic mass is 35.5. The molecule has 0 aliphatic rings. The topological polar surface area (TPSA) is 90.0 Å². The number of benzene rings is 1. The van der Waals surface area contributed by atoms with Gasteiger partial charge in [0.05, 0.1) is 18.1 Å². The van der Waals surface area contributed by atoms with Gasteiger partial charge < -0.3 is 5.73 Å². The molecule has 1 heterocycles. The Bertz CT molecular complexity index is 746. The van der Waals surface area contributed by atoms with Crippen LogP contribution in [-0.4, -0.2) is 30.3 Å². The van der Waals surface area contributed by atoms with Crippen molar-refractivity contribution in [1.29, 1.82) is 0 Å². The molecule has 1 aromatic heterocycles. The van der Waals surface area contributed by atoms with Gasteiger partial charge >= 0.3 is 0 Å². The van der Waals surface area contributed by atoms with E-state index in [-0.39, 0.29) is 23.8 Å². The van der Waals surface area contributed by atoms with Crippen LogP contribution in [0.4, 0.5) is 0 Å². The quantitative estimate of drug-likeness (QED) is 0.780. The molecule has 0 bridgehead atoms. The Labute approximate surface area is 149 Å². The summed E-state index contributed by atoms with van der Waals surface area (Å²) in [5.74, 6) is 0.332. The molecule has 2 rings (SSSR count). The zero-order valence-corrected chi connectivity index (χ0v) is 15.8. The van der Waals surface area contributed by atoms with Gasteiger partial charge in [0.15, 0.2) is 0 Å². The monoisotopic (exact) mass is 372 g/mol. The van der Waals surface area contributed by atoms with Gasteiger partial charge in [0, 0.05) is 12.1 Å². The third-order valence-electron chi connectivity index (χ3n) is 3.58. The summed E-state index contributed by atoms with van der Waals surface area (Å²) in [7, 11) is -3.68. The molecule has 0 radical (unpaired) electrons. The summed E-state index contributed by atoms with van der Waals surface area (Å²) in [6.07, 6.45) is 3.52. The maximum absolute atomic E-state index is 12.6. The number of aromatic nitrogens is 2. The number of rotatable bonds is 7. The summed E-state index contributed by atoms with van der Waals surface area (Å²) in [6, 6.07) is 9.36. The molecule has 6 nitrogen and oxygen atoms in total. The molecule has 1 atom stereocenters. The molecule has 2 aromatic rings. The zero-order chi connectivity index (χ0) is 17.1. The molecule has 3 N–H and O–H groups in total. The predicted octanol–water partition coefficient (Wildman–Crippen LogP) is 2.34. The van der Waals surface area contributed by atoms with Crippen LogP contribution < -0.4 is 10.5 Å². The Morgan fingerprint density at radius 2 is 1.92 bits per heavy atom. The van der Waals surface area contributed by atoms with Crippen molar-refractivity contribution in [2.24, 2.45) is 11.7 Å². The van der Waals surface area contributed by atoms with E-state index in [0.717, 1.165) is 5.69 Å². The summed E-state index contributed by atoms with van der Waals surface area (Å²) < 4.78 is 29.5. The highest BCUT2D eigenvalue weighted by Gasteiger charge is 2.31. The number of hydrogen-bond donors (Lipinski definition) is 2. The SMILES string of the molecule is CC(C)CC(C)(CN)NS(=O)(=O)c1cnn(-c2ccccc2)c1.Cl. The maximum atomic E-state index is 12.6. The van der Waals surface area contributed by atoms with Crippen molar-refractivity contribution in [2.45, 2.75) is 37.6 Å². The van der Waals surface area contributed by atoms with Crippen LogP contribution in [0.2, 0.25) is 0 Å². The first-order chi connectivity index (χ1) is 10.8. The second-order valence-corrected chi connectivity index (χ2v) is 8.11. The van der Waals surface area contributed by atoms with Crippen LogP contribution in [0.15, 0.2) is 47.6 Å². The van der Waals surface area contributed by atoms with Crippen molar-refractivity contribution < 1.29 is 8.42 Å². The van der Waals surface area contributed by atoms with Crippen LogP contribution in [0.25, 0.3) is 5.69 Å². The molecule has 1 aromatic carbocycles. The van der Waals surface area contributed by atoms with E-state index in [2.05, 4.69) is 9.82 Å². The summed E-state index contributed by atoms with van der Waals surface area (Å²) in [6.45, 7) is 6.13. The Morgan fingerprint density at radius 3 is 2.46 bits per heavy atom. The van der Waals surface area contributed by atoms with Crippen molar-refractivity contribution in [1.82, 2.24) is 14.5 Å². The lowest BCUT2D eigenvalue weighted by atomic mass is 9.92. The second-order valence-electron chi connectivity index (χ2n) is 6.42. The first kappa shape index (κ1) is 20.6.